The van der Waals surface area contributed by atoms with Crippen LogP contribution in [0.3, 0.4) is 0 Å². The Labute approximate surface area is 170 Å². The Morgan fingerprint density at radius 2 is 1.79 bits per heavy atom. The van der Waals surface area contributed by atoms with E-state index in [9.17, 15) is 9.59 Å². The van der Waals surface area contributed by atoms with Gasteiger partial charge in [0.15, 0.2) is 0 Å². The number of hydrogen-bond donors (Lipinski definition) is 1. The monoisotopic (exact) mass is 397 g/mol. The summed E-state index contributed by atoms with van der Waals surface area (Å²) >= 11 is 0. The topological polar surface area (TPSA) is 87.7 Å². The average molecular weight is 397 g/mol. The highest BCUT2D eigenvalue weighted by molar-refractivity contribution is 5.92. The molecule has 1 N–H and O–H groups in total. The maximum atomic E-state index is 12.9. The van der Waals surface area contributed by atoms with Crippen LogP contribution in [-0.2, 0) is 11.3 Å². The highest BCUT2D eigenvalue weighted by Crippen LogP contribution is 2.12. The van der Waals surface area contributed by atoms with Crippen LogP contribution >= 0.6 is 0 Å². The van der Waals surface area contributed by atoms with E-state index < -0.39 is 0 Å². The van der Waals surface area contributed by atoms with Crippen molar-refractivity contribution in [2.75, 3.05) is 38.1 Å². The minimum Gasteiger partial charge on any atom is -0.450 e. The zero-order chi connectivity index (χ0) is 20.8. The van der Waals surface area contributed by atoms with Crippen LogP contribution in [0.2, 0.25) is 0 Å². The van der Waals surface area contributed by atoms with Crippen LogP contribution in [0.4, 0.5) is 10.7 Å². The molecule has 154 valence electrons. The first-order valence-corrected chi connectivity index (χ1v) is 9.82. The van der Waals surface area contributed by atoms with Gasteiger partial charge in [0.1, 0.15) is 5.69 Å². The number of aryl methyl sites for hydroxylation is 2. The molecular weight excluding hydrogens is 370 g/mol. The highest BCUT2D eigenvalue weighted by Gasteiger charge is 2.26. The maximum absolute atomic E-state index is 12.9. The van der Waals surface area contributed by atoms with Crippen LogP contribution in [0, 0.1) is 13.8 Å². The predicted molar refractivity (Wildman–Crippen MR) is 110 cm³/mol. The van der Waals surface area contributed by atoms with Gasteiger partial charge in [-0.05, 0) is 32.4 Å². The fraction of sp³-hybridized carbons (Fsp3) is 0.429. The summed E-state index contributed by atoms with van der Waals surface area (Å²) in [7, 11) is 0. The van der Waals surface area contributed by atoms with E-state index in [1.807, 2.05) is 32.0 Å². The largest absolute Gasteiger partial charge is 0.450 e. The van der Waals surface area contributed by atoms with Gasteiger partial charge in [0.25, 0.3) is 5.91 Å². The van der Waals surface area contributed by atoms with Gasteiger partial charge in [-0.25, -0.2) is 14.8 Å². The number of piperazine rings is 1. The molecule has 0 saturated carbocycles. The molecule has 0 unspecified atom stereocenters. The first kappa shape index (κ1) is 20.6. The van der Waals surface area contributed by atoms with E-state index in [2.05, 4.69) is 21.4 Å². The lowest BCUT2D eigenvalue weighted by Gasteiger charge is -2.33. The SMILES string of the molecule is CCOC(=O)N1CCN(C(=O)c2cc(C)nc(NCc3cccc(C)c3)n2)CC1. The Balaban J connectivity index is 1.63. The molecule has 1 saturated heterocycles. The predicted octanol–water partition coefficient (Wildman–Crippen LogP) is 2.62. The van der Waals surface area contributed by atoms with Gasteiger partial charge in [0, 0.05) is 38.4 Å². The molecular formula is C21H27N5O3. The number of nitrogens with zero attached hydrogens (tertiary/aromatic N) is 4. The van der Waals surface area contributed by atoms with Gasteiger partial charge in [-0.2, -0.15) is 0 Å². The van der Waals surface area contributed by atoms with Crippen molar-refractivity contribution in [3.8, 4) is 0 Å². The molecule has 2 aromatic rings. The minimum atomic E-state index is -0.333. The Morgan fingerprint density at radius 3 is 2.48 bits per heavy atom. The summed E-state index contributed by atoms with van der Waals surface area (Å²) in [6, 6.07) is 9.88. The first-order valence-electron chi connectivity index (χ1n) is 9.82. The summed E-state index contributed by atoms with van der Waals surface area (Å²) in [6.07, 6.45) is -0.333. The van der Waals surface area contributed by atoms with Crippen LogP contribution in [0.15, 0.2) is 30.3 Å². The standard InChI is InChI=1S/C21H27N5O3/c1-4-29-21(28)26-10-8-25(9-11-26)19(27)18-13-16(3)23-20(24-18)22-14-17-7-5-6-15(2)12-17/h5-7,12-13H,4,8-11,14H2,1-3H3,(H,22,23,24). The van der Waals surface area contributed by atoms with Crippen LogP contribution < -0.4 is 5.32 Å². The van der Waals surface area contributed by atoms with Gasteiger partial charge in [-0.15, -0.1) is 0 Å². The summed E-state index contributed by atoms with van der Waals surface area (Å²) in [6.45, 7) is 8.40. The zero-order valence-electron chi connectivity index (χ0n) is 17.1. The lowest BCUT2D eigenvalue weighted by molar-refractivity contribution is 0.0566. The molecule has 2 heterocycles. The van der Waals surface area contributed by atoms with Gasteiger partial charge in [-0.1, -0.05) is 29.8 Å². The maximum Gasteiger partial charge on any atom is 0.409 e. The van der Waals surface area contributed by atoms with Crippen LogP contribution in [0.1, 0.15) is 34.2 Å². The fourth-order valence-electron chi connectivity index (χ4n) is 3.23. The smallest absolute Gasteiger partial charge is 0.409 e. The molecule has 1 fully saturated rings. The van der Waals surface area contributed by atoms with Crippen molar-refractivity contribution in [1.29, 1.82) is 0 Å². The number of carbonyl (C=O) groups excluding carboxylic acids is 2. The Kier molecular flexibility index (Phi) is 6.64. The van der Waals surface area contributed by atoms with Crippen molar-refractivity contribution in [2.24, 2.45) is 0 Å². The number of amides is 2. The molecule has 29 heavy (non-hydrogen) atoms. The van der Waals surface area contributed by atoms with E-state index in [4.69, 9.17) is 4.74 Å². The first-order chi connectivity index (χ1) is 14.0. The summed E-state index contributed by atoms with van der Waals surface area (Å²) in [5.74, 6) is 0.276. The minimum absolute atomic E-state index is 0.155. The third kappa shape index (κ3) is 5.43. The van der Waals surface area contributed by atoms with Gasteiger partial charge in [0.2, 0.25) is 5.95 Å². The third-order valence-corrected chi connectivity index (χ3v) is 4.70. The van der Waals surface area contributed by atoms with Gasteiger partial charge >= 0.3 is 6.09 Å². The molecule has 1 aromatic carbocycles. The van der Waals surface area contributed by atoms with Gasteiger partial charge < -0.3 is 19.9 Å². The molecule has 0 bridgehead atoms. The number of rotatable bonds is 5. The van der Waals surface area contributed by atoms with Crippen molar-refractivity contribution < 1.29 is 14.3 Å². The second-order valence-electron chi connectivity index (χ2n) is 7.04. The number of nitrogens with one attached hydrogen (secondary N) is 1. The molecule has 1 aliphatic heterocycles. The Morgan fingerprint density at radius 1 is 1.07 bits per heavy atom. The molecule has 8 nitrogen and oxygen atoms in total. The number of ether oxygens (including phenoxy) is 1. The molecule has 0 radical (unpaired) electrons. The van der Waals surface area contributed by atoms with Gasteiger partial charge in [0.05, 0.1) is 6.61 Å². The van der Waals surface area contributed by atoms with Crippen LogP contribution in [0.25, 0.3) is 0 Å². The number of carbonyl (C=O) groups is 2. The summed E-state index contributed by atoms with van der Waals surface area (Å²) in [4.78, 5) is 36.8. The quantitative estimate of drug-likeness (QED) is 0.835. The fourth-order valence-corrected chi connectivity index (χ4v) is 3.23. The number of hydrogen-bond acceptors (Lipinski definition) is 6. The summed E-state index contributed by atoms with van der Waals surface area (Å²) in [5.41, 5.74) is 3.39. The molecule has 1 aromatic heterocycles. The average Bonchev–Trinajstić information content (AvgIpc) is 2.72. The molecule has 3 rings (SSSR count). The number of benzene rings is 1. The molecule has 1 aliphatic rings. The van der Waals surface area contributed by atoms with E-state index in [1.54, 1.807) is 22.8 Å². The lowest BCUT2D eigenvalue weighted by atomic mass is 10.1. The van der Waals surface area contributed by atoms with E-state index in [0.717, 1.165) is 11.3 Å². The molecule has 8 heteroatoms. The van der Waals surface area contributed by atoms with Crippen LogP contribution in [-0.4, -0.2) is 64.6 Å². The Bertz CT molecular complexity index is 878. The normalized spacial score (nSPS) is 13.9. The second kappa shape index (κ2) is 9.36. The molecule has 0 atom stereocenters. The third-order valence-electron chi connectivity index (χ3n) is 4.70. The zero-order valence-corrected chi connectivity index (χ0v) is 17.1. The molecule has 0 aliphatic carbocycles. The van der Waals surface area contributed by atoms with Crippen molar-refractivity contribution in [3.05, 3.63) is 52.8 Å². The van der Waals surface area contributed by atoms with Crippen molar-refractivity contribution in [2.45, 2.75) is 27.3 Å². The molecule has 2 amide bonds. The van der Waals surface area contributed by atoms with Crippen molar-refractivity contribution >= 4 is 17.9 Å². The van der Waals surface area contributed by atoms with Crippen LogP contribution in [0.5, 0.6) is 0 Å². The van der Waals surface area contributed by atoms with E-state index in [-0.39, 0.29) is 12.0 Å². The van der Waals surface area contributed by atoms with E-state index in [0.29, 0.717) is 51.0 Å². The number of aromatic nitrogens is 2. The molecule has 0 spiro atoms. The highest BCUT2D eigenvalue weighted by atomic mass is 16.6. The second-order valence-corrected chi connectivity index (χ2v) is 7.04. The van der Waals surface area contributed by atoms with E-state index >= 15 is 0 Å². The summed E-state index contributed by atoms with van der Waals surface area (Å²) in [5, 5.41) is 3.20. The summed E-state index contributed by atoms with van der Waals surface area (Å²) < 4.78 is 5.02. The Hall–Kier alpha value is -3.16. The van der Waals surface area contributed by atoms with Gasteiger partial charge in [-0.3, -0.25) is 4.79 Å². The van der Waals surface area contributed by atoms with E-state index in [1.165, 1.54) is 5.56 Å². The van der Waals surface area contributed by atoms with Crippen molar-refractivity contribution in [3.63, 3.8) is 0 Å². The van der Waals surface area contributed by atoms with Crippen molar-refractivity contribution in [1.82, 2.24) is 19.8 Å². The lowest BCUT2D eigenvalue weighted by Crippen LogP contribution is -2.50. The number of anilines is 1.